The first-order valence-corrected chi connectivity index (χ1v) is 11.1. The summed E-state index contributed by atoms with van der Waals surface area (Å²) in [5.41, 5.74) is 4.71. The van der Waals surface area contributed by atoms with E-state index in [-0.39, 0.29) is 18.7 Å². The molecule has 3 aromatic rings. The second-order valence-electron chi connectivity index (χ2n) is 8.12. The van der Waals surface area contributed by atoms with Gasteiger partial charge in [0.1, 0.15) is 17.7 Å². The third-order valence-electron chi connectivity index (χ3n) is 5.54. The van der Waals surface area contributed by atoms with Gasteiger partial charge in [0, 0.05) is 12.0 Å². The molecule has 0 aliphatic carbocycles. The van der Waals surface area contributed by atoms with Crippen molar-refractivity contribution in [1.29, 1.82) is 0 Å². The second-order valence-corrected chi connectivity index (χ2v) is 8.12. The van der Waals surface area contributed by atoms with Crippen LogP contribution in [0.25, 0.3) is 5.70 Å². The summed E-state index contributed by atoms with van der Waals surface area (Å²) in [4.78, 5) is 22.0. The number of methoxy groups -OCH3 is 1. The van der Waals surface area contributed by atoms with Gasteiger partial charge in [0.2, 0.25) is 5.91 Å². The summed E-state index contributed by atoms with van der Waals surface area (Å²) < 4.78 is 5.24. The Morgan fingerprint density at radius 3 is 2.41 bits per heavy atom. The summed E-state index contributed by atoms with van der Waals surface area (Å²) in [6, 6.07) is 24.6. The van der Waals surface area contributed by atoms with E-state index in [1.807, 2.05) is 85.8 Å². The van der Waals surface area contributed by atoms with E-state index in [4.69, 9.17) is 9.73 Å². The zero-order chi connectivity index (χ0) is 23.9. The standard InChI is InChI=1S/C28H27N3O3/c1-19-8-10-20(11-9-19)16-27(32)31-26-17-24(28(33)22-6-4-3-5-7-22)30-25(18-29-26)21-12-14-23(34-2)15-13-21/h3-15,18,28,33H,16-17H2,1-2H3,(H,29,31,32). The molecule has 0 spiro atoms. The Bertz CT molecular complexity index is 1230. The van der Waals surface area contributed by atoms with Crippen LogP contribution in [-0.4, -0.2) is 29.7 Å². The Morgan fingerprint density at radius 2 is 1.74 bits per heavy atom. The fourth-order valence-electron chi connectivity index (χ4n) is 3.64. The van der Waals surface area contributed by atoms with Crippen LogP contribution in [0, 0.1) is 6.92 Å². The highest BCUT2D eigenvalue weighted by atomic mass is 16.5. The van der Waals surface area contributed by atoms with Crippen LogP contribution in [0.3, 0.4) is 0 Å². The van der Waals surface area contributed by atoms with E-state index in [1.54, 1.807) is 13.3 Å². The van der Waals surface area contributed by atoms with E-state index < -0.39 is 6.10 Å². The fourth-order valence-corrected chi connectivity index (χ4v) is 3.64. The van der Waals surface area contributed by atoms with Gasteiger partial charge in [-0.25, -0.2) is 4.99 Å². The van der Waals surface area contributed by atoms with Crippen LogP contribution in [0.2, 0.25) is 0 Å². The Morgan fingerprint density at radius 1 is 1.03 bits per heavy atom. The molecule has 0 bridgehead atoms. The molecular weight excluding hydrogens is 426 g/mol. The van der Waals surface area contributed by atoms with Gasteiger partial charge in [-0.2, -0.15) is 0 Å². The molecule has 4 rings (SSSR count). The monoisotopic (exact) mass is 453 g/mol. The lowest BCUT2D eigenvalue weighted by molar-refractivity contribution is -0.119. The summed E-state index contributed by atoms with van der Waals surface area (Å²) in [5, 5.41) is 14.0. The first-order chi connectivity index (χ1) is 16.5. The number of aliphatic imine (C=N–C) groups is 2. The third-order valence-corrected chi connectivity index (χ3v) is 5.54. The number of hydrogen-bond donors (Lipinski definition) is 2. The van der Waals surface area contributed by atoms with Gasteiger partial charge in [0.05, 0.1) is 31.1 Å². The number of aliphatic hydroxyl groups is 1. The smallest absolute Gasteiger partial charge is 0.229 e. The number of rotatable bonds is 6. The lowest BCUT2D eigenvalue weighted by atomic mass is 10.0. The molecule has 0 fully saturated rings. The van der Waals surface area contributed by atoms with E-state index in [1.165, 1.54) is 0 Å². The van der Waals surface area contributed by atoms with Gasteiger partial charge in [0.25, 0.3) is 0 Å². The molecule has 2 N–H and O–H groups in total. The molecule has 1 atom stereocenters. The van der Waals surface area contributed by atoms with Gasteiger partial charge in [-0.3, -0.25) is 9.79 Å². The molecule has 0 radical (unpaired) electrons. The molecule has 172 valence electrons. The van der Waals surface area contributed by atoms with Crippen LogP contribution in [0.4, 0.5) is 0 Å². The van der Waals surface area contributed by atoms with Crippen molar-refractivity contribution in [2.24, 2.45) is 9.98 Å². The molecule has 1 aliphatic heterocycles. The van der Waals surface area contributed by atoms with E-state index in [0.717, 1.165) is 28.0 Å². The summed E-state index contributed by atoms with van der Waals surface area (Å²) in [6.07, 6.45) is 1.14. The maximum atomic E-state index is 12.7. The molecule has 0 saturated carbocycles. The number of hydrogen-bond acceptors (Lipinski definition) is 5. The van der Waals surface area contributed by atoms with E-state index >= 15 is 0 Å². The largest absolute Gasteiger partial charge is 0.497 e. The van der Waals surface area contributed by atoms with Crippen molar-refractivity contribution in [3.8, 4) is 5.75 Å². The van der Waals surface area contributed by atoms with Crippen molar-refractivity contribution in [2.45, 2.75) is 25.9 Å². The number of amidine groups is 1. The molecule has 34 heavy (non-hydrogen) atoms. The third kappa shape index (κ3) is 5.85. The van der Waals surface area contributed by atoms with E-state index in [9.17, 15) is 9.90 Å². The Balaban J connectivity index is 1.60. The maximum Gasteiger partial charge on any atom is 0.229 e. The molecule has 1 unspecified atom stereocenters. The van der Waals surface area contributed by atoms with Gasteiger partial charge in [0.15, 0.2) is 0 Å². The van der Waals surface area contributed by atoms with Crippen LogP contribution < -0.4 is 10.1 Å². The number of benzene rings is 3. The highest BCUT2D eigenvalue weighted by Gasteiger charge is 2.21. The summed E-state index contributed by atoms with van der Waals surface area (Å²) in [5.74, 6) is 1.01. The normalized spacial score (nSPS) is 14.3. The SMILES string of the molecule is COc1ccc(C2=CN=C(NC(=O)Cc3ccc(C)cc3)CC(C(O)c3ccccc3)=N2)cc1. The lowest BCUT2D eigenvalue weighted by Gasteiger charge is -2.15. The first-order valence-electron chi connectivity index (χ1n) is 11.1. The maximum absolute atomic E-state index is 12.7. The summed E-state index contributed by atoms with van der Waals surface area (Å²) >= 11 is 0. The van der Waals surface area contributed by atoms with Gasteiger partial charge in [-0.1, -0.05) is 60.2 Å². The van der Waals surface area contributed by atoms with Crippen molar-refractivity contribution in [3.63, 3.8) is 0 Å². The zero-order valence-electron chi connectivity index (χ0n) is 19.2. The van der Waals surface area contributed by atoms with Crippen LogP contribution in [0.1, 0.15) is 34.8 Å². The molecule has 6 nitrogen and oxygen atoms in total. The lowest BCUT2D eigenvalue weighted by Crippen LogP contribution is -2.34. The fraction of sp³-hybridized carbons (Fsp3) is 0.179. The number of carbonyl (C=O) groups excluding carboxylic acids is 1. The molecule has 1 heterocycles. The highest BCUT2D eigenvalue weighted by Crippen LogP contribution is 2.25. The van der Waals surface area contributed by atoms with Crippen LogP contribution in [-0.2, 0) is 11.2 Å². The highest BCUT2D eigenvalue weighted by molar-refractivity contribution is 6.12. The average molecular weight is 454 g/mol. The summed E-state index contributed by atoms with van der Waals surface area (Å²) in [7, 11) is 1.61. The minimum atomic E-state index is -0.930. The molecular formula is C28H27N3O3. The number of aryl methyl sites for hydroxylation is 1. The average Bonchev–Trinajstić information content (AvgIpc) is 3.08. The van der Waals surface area contributed by atoms with Crippen molar-refractivity contribution < 1.29 is 14.6 Å². The Hall–Kier alpha value is -4.03. The van der Waals surface area contributed by atoms with E-state index in [2.05, 4.69) is 10.3 Å². The van der Waals surface area contributed by atoms with Gasteiger partial charge in [-0.05, 0) is 42.3 Å². The number of ether oxygens (including phenoxy) is 1. The topological polar surface area (TPSA) is 83.3 Å². The van der Waals surface area contributed by atoms with Crippen LogP contribution in [0.5, 0.6) is 5.75 Å². The quantitative estimate of drug-likeness (QED) is 0.570. The number of nitrogens with zero attached hydrogens (tertiary/aromatic N) is 2. The molecule has 6 heteroatoms. The Kier molecular flexibility index (Phi) is 7.30. The zero-order valence-corrected chi connectivity index (χ0v) is 19.2. The summed E-state index contributed by atoms with van der Waals surface area (Å²) in [6.45, 7) is 2.01. The van der Waals surface area contributed by atoms with Gasteiger partial charge >= 0.3 is 0 Å². The number of nitrogens with one attached hydrogen (secondary N) is 1. The predicted molar refractivity (Wildman–Crippen MR) is 135 cm³/mol. The predicted octanol–water partition coefficient (Wildman–Crippen LogP) is 4.64. The molecule has 3 aromatic carbocycles. The minimum absolute atomic E-state index is 0.169. The van der Waals surface area contributed by atoms with Gasteiger partial charge < -0.3 is 15.2 Å². The van der Waals surface area contributed by atoms with Gasteiger partial charge in [-0.15, -0.1) is 0 Å². The molecule has 1 amide bonds. The number of carbonyl (C=O) groups is 1. The van der Waals surface area contributed by atoms with Crippen molar-refractivity contribution in [2.75, 3.05) is 7.11 Å². The van der Waals surface area contributed by atoms with Crippen LogP contribution in [0.15, 0.2) is 95.0 Å². The van der Waals surface area contributed by atoms with E-state index in [0.29, 0.717) is 17.2 Å². The first kappa shape index (κ1) is 23.1. The van der Waals surface area contributed by atoms with Crippen LogP contribution >= 0.6 is 0 Å². The molecule has 0 aromatic heterocycles. The molecule has 0 saturated heterocycles. The number of amides is 1. The molecule has 1 aliphatic rings. The second kappa shape index (κ2) is 10.7. The minimum Gasteiger partial charge on any atom is -0.497 e. The number of aliphatic hydroxyl groups excluding tert-OH is 1. The Labute approximate surface area is 199 Å². The van der Waals surface area contributed by atoms with Crippen molar-refractivity contribution in [3.05, 3.63) is 107 Å². The van der Waals surface area contributed by atoms with Crippen molar-refractivity contribution in [1.82, 2.24) is 5.32 Å². The van der Waals surface area contributed by atoms with Crippen molar-refractivity contribution >= 4 is 23.2 Å².